The molecular formula is C11H15FN2. The maximum atomic E-state index is 14.2. The molecule has 0 saturated carbocycles. The summed E-state index contributed by atoms with van der Waals surface area (Å²) in [7, 11) is 0. The van der Waals surface area contributed by atoms with E-state index in [1.807, 2.05) is 12.1 Å². The van der Waals surface area contributed by atoms with Gasteiger partial charge in [-0.15, -0.1) is 0 Å². The minimum atomic E-state index is -1.01. The fraction of sp³-hybridized carbons (Fsp3) is 0.545. The normalized spacial score (nSPS) is 20.6. The lowest BCUT2D eigenvalue weighted by Crippen LogP contribution is -2.40. The molecule has 0 unspecified atom stereocenters. The van der Waals surface area contributed by atoms with Crippen molar-refractivity contribution in [3.8, 4) is 0 Å². The van der Waals surface area contributed by atoms with Crippen molar-refractivity contribution in [3.05, 3.63) is 30.1 Å². The van der Waals surface area contributed by atoms with Gasteiger partial charge in [0.15, 0.2) is 0 Å². The first-order valence-corrected chi connectivity index (χ1v) is 5.07. The van der Waals surface area contributed by atoms with E-state index >= 15 is 0 Å². The highest BCUT2D eigenvalue weighted by Gasteiger charge is 2.31. The molecule has 76 valence electrons. The minimum Gasteiger partial charge on any atom is -0.316 e. The van der Waals surface area contributed by atoms with E-state index in [9.17, 15) is 4.39 Å². The van der Waals surface area contributed by atoms with Crippen LogP contribution in [0.15, 0.2) is 24.5 Å². The Morgan fingerprint density at radius 3 is 2.57 bits per heavy atom. The van der Waals surface area contributed by atoms with Crippen LogP contribution in [-0.2, 0) is 6.42 Å². The predicted octanol–water partition coefficient (Wildman–Crippen LogP) is 1.72. The van der Waals surface area contributed by atoms with E-state index in [-0.39, 0.29) is 0 Å². The lowest BCUT2D eigenvalue weighted by Gasteiger charge is -2.30. The van der Waals surface area contributed by atoms with Crippen molar-refractivity contribution >= 4 is 0 Å². The van der Waals surface area contributed by atoms with E-state index in [0.717, 1.165) is 18.7 Å². The molecule has 0 spiro atoms. The monoisotopic (exact) mass is 194 g/mol. The summed E-state index contributed by atoms with van der Waals surface area (Å²) in [5.74, 6) is 0. The number of pyridine rings is 1. The topological polar surface area (TPSA) is 24.9 Å². The highest BCUT2D eigenvalue weighted by Crippen LogP contribution is 2.27. The summed E-state index contributed by atoms with van der Waals surface area (Å²) in [6.45, 7) is 1.59. The summed E-state index contributed by atoms with van der Waals surface area (Å²) in [5.41, 5.74) is 0.0384. The number of piperidine rings is 1. The maximum Gasteiger partial charge on any atom is 0.117 e. The van der Waals surface area contributed by atoms with Gasteiger partial charge in [-0.3, -0.25) is 4.98 Å². The molecule has 14 heavy (non-hydrogen) atoms. The second-order valence-electron chi connectivity index (χ2n) is 3.93. The Morgan fingerprint density at radius 1 is 1.29 bits per heavy atom. The number of hydrogen-bond donors (Lipinski definition) is 1. The lowest BCUT2D eigenvalue weighted by atomic mass is 9.88. The van der Waals surface area contributed by atoms with Gasteiger partial charge in [0.05, 0.1) is 0 Å². The Kier molecular flexibility index (Phi) is 2.77. The van der Waals surface area contributed by atoms with Gasteiger partial charge < -0.3 is 5.32 Å². The standard InChI is InChI=1S/C11H15FN2/c12-11(3-7-14-8-4-11)9-10-1-5-13-6-2-10/h1-2,5-6,14H,3-4,7-9H2. The molecule has 3 heteroatoms. The van der Waals surface area contributed by atoms with Crippen LogP contribution < -0.4 is 5.32 Å². The Hall–Kier alpha value is -0.960. The summed E-state index contributed by atoms with van der Waals surface area (Å²) < 4.78 is 14.2. The molecule has 1 aromatic rings. The van der Waals surface area contributed by atoms with Gasteiger partial charge in [0, 0.05) is 18.8 Å². The van der Waals surface area contributed by atoms with Crippen LogP contribution in [0.4, 0.5) is 4.39 Å². The van der Waals surface area contributed by atoms with Gasteiger partial charge in [0.25, 0.3) is 0 Å². The molecular weight excluding hydrogens is 179 g/mol. The molecule has 1 aliphatic rings. The average Bonchev–Trinajstić information content (AvgIpc) is 2.19. The zero-order valence-electron chi connectivity index (χ0n) is 8.17. The second-order valence-corrected chi connectivity index (χ2v) is 3.93. The largest absolute Gasteiger partial charge is 0.316 e. The van der Waals surface area contributed by atoms with Crippen LogP contribution in [0, 0.1) is 0 Å². The van der Waals surface area contributed by atoms with Crippen LogP contribution in [0.3, 0.4) is 0 Å². The van der Waals surface area contributed by atoms with Crippen LogP contribution in [0.5, 0.6) is 0 Å². The highest BCUT2D eigenvalue weighted by atomic mass is 19.1. The third-order valence-electron chi connectivity index (χ3n) is 2.77. The number of aromatic nitrogens is 1. The van der Waals surface area contributed by atoms with Crippen LogP contribution in [-0.4, -0.2) is 23.7 Å². The fourth-order valence-corrected chi connectivity index (χ4v) is 1.92. The van der Waals surface area contributed by atoms with E-state index in [1.165, 1.54) is 0 Å². The van der Waals surface area contributed by atoms with Gasteiger partial charge in [0.2, 0.25) is 0 Å². The molecule has 0 aliphatic carbocycles. The first-order valence-electron chi connectivity index (χ1n) is 5.07. The maximum absolute atomic E-state index is 14.2. The van der Waals surface area contributed by atoms with E-state index < -0.39 is 5.67 Å². The molecule has 0 bridgehead atoms. The Balaban J connectivity index is 2.02. The van der Waals surface area contributed by atoms with Crippen LogP contribution in [0.25, 0.3) is 0 Å². The summed E-state index contributed by atoms with van der Waals surface area (Å²) in [4.78, 5) is 3.93. The van der Waals surface area contributed by atoms with E-state index in [0.29, 0.717) is 19.3 Å². The molecule has 0 radical (unpaired) electrons. The fourth-order valence-electron chi connectivity index (χ4n) is 1.92. The van der Waals surface area contributed by atoms with Crippen LogP contribution >= 0.6 is 0 Å². The minimum absolute atomic E-state index is 0.525. The van der Waals surface area contributed by atoms with Gasteiger partial charge in [-0.2, -0.15) is 0 Å². The van der Waals surface area contributed by atoms with Crippen molar-refractivity contribution in [3.63, 3.8) is 0 Å². The molecule has 2 rings (SSSR count). The molecule has 2 nitrogen and oxygen atoms in total. The number of halogens is 1. The molecule has 1 saturated heterocycles. The SMILES string of the molecule is FC1(Cc2ccncc2)CCNCC1. The van der Waals surface area contributed by atoms with Gasteiger partial charge in [-0.05, 0) is 43.6 Å². The number of alkyl halides is 1. The highest BCUT2D eigenvalue weighted by molar-refractivity contribution is 5.13. The van der Waals surface area contributed by atoms with E-state index in [4.69, 9.17) is 0 Å². The Labute approximate surface area is 83.6 Å². The van der Waals surface area contributed by atoms with Crippen molar-refractivity contribution < 1.29 is 4.39 Å². The molecule has 0 amide bonds. The Morgan fingerprint density at radius 2 is 1.93 bits per heavy atom. The average molecular weight is 194 g/mol. The summed E-state index contributed by atoms with van der Waals surface area (Å²) >= 11 is 0. The van der Waals surface area contributed by atoms with Crippen molar-refractivity contribution in [2.75, 3.05) is 13.1 Å². The zero-order valence-corrected chi connectivity index (χ0v) is 8.17. The number of hydrogen-bond acceptors (Lipinski definition) is 2. The number of rotatable bonds is 2. The molecule has 2 heterocycles. The van der Waals surface area contributed by atoms with Gasteiger partial charge >= 0.3 is 0 Å². The van der Waals surface area contributed by atoms with Gasteiger partial charge in [-0.25, -0.2) is 4.39 Å². The zero-order chi connectivity index (χ0) is 9.86. The second kappa shape index (κ2) is 4.05. The van der Waals surface area contributed by atoms with Crippen LogP contribution in [0.1, 0.15) is 18.4 Å². The lowest BCUT2D eigenvalue weighted by molar-refractivity contribution is 0.116. The molecule has 1 aromatic heterocycles. The van der Waals surface area contributed by atoms with Gasteiger partial charge in [-0.1, -0.05) is 0 Å². The molecule has 1 N–H and O–H groups in total. The van der Waals surface area contributed by atoms with Crippen molar-refractivity contribution in [2.24, 2.45) is 0 Å². The first kappa shape index (κ1) is 9.59. The third kappa shape index (κ3) is 2.29. The number of nitrogens with one attached hydrogen (secondary N) is 1. The van der Waals surface area contributed by atoms with E-state index in [1.54, 1.807) is 12.4 Å². The van der Waals surface area contributed by atoms with Gasteiger partial charge in [0.1, 0.15) is 5.67 Å². The smallest absolute Gasteiger partial charge is 0.117 e. The first-order chi connectivity index (χ1) is 6.79. The van der Waals surface area contributed by atoms with Crippen LogP contribution in [0.2, 0.25) is 0 Å². The summed E-state index contributed by atoms with van der Waals surface area (Å²) in [6, 6.07) is 3.78. The molecule has 0 aromatic carbocycles. The Bertz CT molecular complexity index is 281. The van der Waals surface area contributed by atoms with Crippen molar-refractivity contribution in [2.45, 2.75) is 24.9 Å². The molecule has 0 atom stereocenters. The number of nitrogens with zero attached hydrogens (tertiary/aromatic N) is 1. The third-order valence-corrected chi connectivity index (χ3v) is 2.77. The summed E-state index contributed by atoms with van der Waals surface area (Å²) in [5, 5.41) is 3.17. The van der Waals surface area contributed by atoms with Crippen molar-refractivity contribution in [1.82, 2.24) is 10.3 Å². The van der Waals surface area contributed by atoms with Crippen molar-refractivity contribution in [1.29, 1.82) is 0 Å². The molecule has 1 aliphatic heterocycles. The quantitative estimate of drug-likeness (QED) is 0.775. The predicted molar refractivity (Wildman–Crippen MR) is 53.9 cm³/mol. The summed E-state index contributed by atoms with van der Waals surface area (Å²) in [6.07, 6.45) is 5.21. The molecule has 1 fully saturated rings. The van der Waals surface area contributed by atoms with E-state index in [2.05, 4.69) is 10.3 Å².